The Balaban J connectivity index is 1.61. The van der Waals surface area contributed by atoms with Crippen LogP contribution in [0.4, 0.5) is 4.79 Å². The molecule has 37 heavy (non-hydrogen) atoms. The van der Waals surface area contributed by atoms with Crippen molar-refractivity contribution in [3.63, 3.8) is 0 Å². The Labute approximate surface area is 222 Å². The van der Waals surface area contributed by atoms with Gasteiger partial charge in [0.1, 0.15) is 0 Å². The molecule has 0 aliphatic carbocycles. The number of rotatable bonds is 7. The first kappa shape index (κ1) is 27.1. The van der Waals surface area contributed by atoms with E-state index in [0.29, 0.717) is 35.9 Å². The summed E-state index contributed by atoms with van der Waals surface area (Å²) in [6.07, 6.45) is 0. The van der Waals surface area contributed by atoms with E-state index in [1.165, 1.54) is 21.3 Å². The molecule has 2 unspecified atom stereocenters. The lowest BCUT2D eigenvalue weighted by Gasteiger charge is -2.41. The Bertz CT molecular complexity index is 1280. The maximum absolute atomic E-state index is 13.2. The summed E-state index contributed by atoms with van der Waals surface area (Å²) in [7, 11) is -2.07. The zero-order valence-electron chi connectivity index (χ0n) is 21.1. The van der Waals surface area contributed by atoms with Gasteiger partial charge < -0.3 is 10.1 Å². The standard InChI is InChI=1S/C26H31ClN4O5S/c1-4-36-25(32)23-22(29(3)26(33)28-24(23)19-8-6-5-7-9-19)17-30-14-15-31(18(2)16-30)37(34,35)21-12-10-20(27)11-13-21/h5-13,18,24H,4,14-17H2,1-3H3,(H,28,33). The van der Waals surface area contributed by atoms with Crippen LogP contribution in [0.3, 0.4) is 0 Å². The summed E-state index contributed by atoms with van der Waals surface area (Å²) in [6.45, 7) is 5.22. The molecule has 1 fully saturated rings. The summed E-state index contributed by atoms with van der Waals surface area (Å²) >= 11 is 5.93. The zero-order valence-corrected chi connectivity index (χ0v) is 22.6. The number of hydrogen-bond donors (Lipinski definition) is 1. The minimum absolute atomic E-state index is 0.193. The number of benzene rings is 2. The Morgan fingerprint density at radius 2 is 1.78 bits per heavy atom. The molecular weight excluding hydrogens is 516 g/mol. The molecule has 2 aromatic rings. The third-order valence-electron chi connectivity index (χ3n) is 6.65. The van der Waals surface area contributed by atoms with E-state index in [-0.39, 0.29) is 30.1 Å². The molecule has 198 valence electrons. The number of sulfonamides is 1. The molecule has 0 bridgehead atoms. The first-order valence-corrected chi connectivity index (χ1v) is 13.9. The fraction of sp³-hybridized carbons (Fsp3) is 0.385. The second-order valence-electron chi connectivity index (χ2n) is 9.09. The highest BCUT2D eigenvalue weighted by atomic mass is 35.5. The highest BCUT2D eigenvalue weighted by Crippen LogP contribution is 2.32. The first-order chi connectivity index (χ1) is 17.6. The van der Waals surface area contributed by atoms with E-state index < -0.39 is 22.0 Å². The lowest BCUT2D eigenvalue weighted by molar-refractivity contribution is -0.139. The number of carbonyl (C=O) groups excluding carboxylic acids is 2. The molecule has 2 aliphatic rings. The quantitative estimate of drug-likeness (QED) is 0.535. The molecule has 4 rings (SSSR count). The minimum atomic E-state index is -3.69. The summed E-state index contributed by atoms with van der Waals surface area (Å²) in [6, 6.07) is 14.1. The highest BCUT2D eigenvalue weighted by molar-refractivity contribution is 7.89. The molecule has 2 heterocycles. The van der Waals surface area contributed by atoms with Gasteiger partial charge in [-0.3, -0.25) is 9.80 Å². The van der Waals surface area contributed by atoms with Crippen molar-refractivity contribution in [2.75, 3.05) is 39.8 Å². The van der Waals surface area contributed by atoms with Gasteiger partial charge in [-0.2, -0.15) is 4.31 Å². The maximum atomic E-state index is 13.2. The fourth-order valence-electron chi connectivity index (χ4n) is 4.76. The van der Waals surface area contributed by atoms with E-state index in [0.717, 1.165) is 5.56 Å². The Morgan fingerprint density at radius 3 is 2.41 bits per heavy atom. The normalized spacial score (nSPS) is 21.6. The van der Waals surface area contributed by atoms with Crippen molar-refractivity contribution in [3.05, 3.63) is 76.5 Å². The summed E-state index contributed by atoms with van der Waals surface area (Å²) in [4.78, 5) is 29.7. The van der Waals surface area contributed by atoms with Crippen molar-refractivity contribution in [1.82, 2.24) is 19.4 Å². The van der Waals surface area contributed by atoms with E-state index in [1.807, 2.05) is 37.3 Å². The third-order valence-corrected chi connectivity index (χ3v) is 8.93. The maximum Gasteiger partial charge on any atom is 0.338 e. The van der Waals surface area contributed by atoms with Crippen LogP contribution >= 0.6 is 11.6 Å². The Kier molecular flexibility index (Phi) is 8.23. The fourth-order valence-corrected chi connectivity index (χ4v) is 6.50. The Morgan fingerprint density at radius 1 is 1.11 bits per heavy atom. The predicted molar refractivity (Wildman–Crippen MR) is 140 cm³/mol. The van der Waals surface area contributed by atoms with Crippen molar-refractivity contribution in [1.29, 1.82) is 0 Å². The number of nitrogens with zero attached hydrogens (tertiary/aromatic N) is 3. The van der Waals surface area contributed by atoms with Gasteiger partial charge in [-0.15, -0.1) is 0 Å². The van der Waals surface area contributed by atoms with Crippen LogP contribution in [0.15, 0.2) is 70.8 Å². The minimum Gasteiger partial charge on any atom is -0.463 e. The number of amides is 2. The van der Waals surface area contributed by atoms with Crippen LogP contribution in [0.2, 0.25) is 5.02 Å². The highest BCUT2D eigenvalue weighted by Gasteiger charge is 2.39. The molecule has 0 saturated carbocycles. The molecule has 2 amide bonds. The molecule has 0 spiro atoms. The number of piperazine rings is 1. The van der Waals surface area contributed by atoms with Crippen molar-refractivity contribution in [3.8, 4) is 0 Å². The molecule has 1 saturated heterocycles. The van der Waals surface area contributed by atoms with Gasteiger partial charge in [0.2, 0.25) is 10.0 Å². The second kappa shape index (κ2) is 11.2. The van der Waals surface area contributed by atoms with E-state index in [4.69, 9.17) is 16.3 Å². The summed E-state index contributed by atoms with van der Waals surface area (Å²) < 4.78 is 33.4. The predicted octanol–water partition coefficient (Wildman–Crippen LogP) is 3.25. The summed E-state index contributed by atoms with van der Waals surface area (Å²) in [5.41, 5.74) is 1.69. The van der Waals surface area contributed by atoms with Crippen molar-refractivity contribution >= 4 is 33.6 Å². The van der Waals surface area contributed by atoms with Gasteiger partial charge in [-0.25, -0.2) is 18.0 Å². The number of hydrogen-bond acceptors (Lipinski definition) is 6. The second-order valence-corrected chi connectivity index (χ2v) is 11.4. The smallest absolute Gasteiger partial charge is 0.338 e. The molecule has 0 radical (unpaired) electrons. The summed E-state index contributed by atoms with van der Waals surface area (Å²) in [5, 5.41) is 3.38. The van der Waals surface area contributed by atoms with Gasteiger partial charge in [0.15, 0.2) is 0 Å². The van der Waals surface area contributed by atoms with Gasteiger partial charge in [0.05, 0.1) is 23.1 Å². The van der Waals surface area contributed by atoms with Crippen LogP contribution in [0.1, 0.15) is 25.5 Å². The number of likely N-dealkylation sites (N-methyl/N-ethyl adjacent to an activating group) is 1. The Hall–Kier alpha value is -2.92. The van der Waals surface area contributed by atoms with Crippen molar-refractivity contribution in [2.24, 2.45) is 0 Å². The van der Waals surface area contributed by atoms with E-state index in [1.54, 1.807) is 26.1 Å². The van der Waals surface area contributed by atoms with E-state index in [2.05, 4.69) is 10.2 Å². The SMILES string of the molecule is CCOC(=O)C1=C(CN2CCN(S(=O)(=O)c3ccc(Cl)cc3)C(C)C2)N(C)C(=O)NC1c1ccccc1. The van der Waals surface area contributed by atoms with Gasteiger partial charge in [-0.1, -0.05) is 41.9 Å². The molecule has 2 atom stereocenters. The molecule has 11 heteroatoms. The van der Waals surface area contributed by atoms with Crippen LogP contribution in [0.25, 0.3) is 0 Å². The monoisotopic (exact) mass is 546 g/mol. The number of carbonyl (C=O) groups is 2. The van der Waals surface area contributed by atoms with Gasteiger partial charge in [-0.05, 0) is 43.7 Å². The summed E-state index contributed by atoms with van der Waals surface area (Å²) in [5.74, 6) is -0.491. The molecule has 2 aliphatic heterocycles. The first-order valence-electron chi connectivity index (χ1n) is 12.1. The molecule has 2 aromatic carbocycles. The van der Waals surface area contributed by atoms with Crippen LogP contribution < -0.4 is 5.32 Å². The van der Waals surface area contributed by atoms with Crippen LogP contribution in [-0.4, -0.2) is 80.4 Å². The lowest BCUT2D eigenvalue weighted by atomic mass is 9.94. The van der Waals surface area contributed by atoms with Crippen LogP contribution in [-0.2, 0) is 19.6 Å². The molecule has 1 N–H and O–H groups in total. The molecule has 9 nitrogen and oxygen atoms in total. The molecule has 0 aromatic heterocycles. The number of urea groups is 1. The number of ether oxygens (including phenoxy) is 1. The number of nitrogens with one attached hydrogen (secondary N) is 1. The topological polar surface area (TPSA) is 99.3 Å². The zero-order chi connectivity index (χ0) is 26.7. The van der Waals surface area contributed by atoms with Gasteiger partial charge in [0, 0.05) is 50.0 Å². The van der Waals surface area contributed by atoms with Gasteiger partial charge in [0.25, 0.3) is 0 Å². The molecular formula is C26H31ClN4O5S. The van der Waals surface area contributed by atoms with Crippen molar-refractivity contribution in [2.45, 2.75) is 30.8 Å². The lowest BCUT2D eigenvalue weighted by Crippen LogP contribution is -2.56. The third kappa shape index (κ3) is 5.67. The van der Waals surface area contributed by atoms with E-state index >= 15 is 0 Å². The van der Waals surface area contributed by atoms with Crippen molar-refractivity contribution < 1.29 is 22.7 Å². The van der Waals surface area contributed by atoms with Crippen LogP contribution in [0.5, 0.6) is 0 Å². The van der Waals surface area contributed by atoms with Gasteiger partial charge >= 0.3 is 12.0 Å². The van der Waals surface area contributed by atoms with Crippen LogP contribution in [0, 0.1) is 0 Å². The largest absolute Gasteiger partial charge is 0.463 e. The average Bonchev–Trinajstić information content (AvgIpc) is 2.87. The number of esters is 1. The number of halogens is 1. The van der Waals surface area contributed by atoms with E-state index in [9.17, 15) is 18.0 Å². The average molecular weight is 547 g/mol.